The van der Waals surface area contributed by atoms with E-state index < -0.39 is 5.72 Å². The Kier molecular flexibility index (Phi) is 2.18. The zero-order valence-corrected chi connectivity index (χ0v) is 11.1. The number of benzene rings is 2. The number of aromatic nitrogens is 2. The summed E-state index contributed by atoms with van der Waals surface area (Å²) in [5.41, 5.74) is 3.56. The normalized spacial score (nSPS) is 14.9. The molecule has 1 N–H and O–H groups in total. The molecule has 98 valence electrons. The maximum absolute atomic E-state index is 11.4. The van der Waals surface area contributed by atoms with Crippen molar-refractivity contribution in [1.82, 2.24) is 9.78 Å². The van der Waals surface area contributed by atoms with E-state index in [2.05, 4.69) is 5.10 Å². The molecular formula is C17H14N2O. The van der Waals surface area contributed by atoms with Crippen molar-refractivity contribution in [3.05, 3.63) is 77.6 Å². The van der Waals surface area contributed by atoms with Gasteiger partial charge in [-0.3, -0.25) is 0 Å². The smallest absolute Gasteiger partial charge is 0.211 e. The molecule has 0 radical (unpaired) electrons. The fourth-order valence-corrected chi connectivity index (χ4v) is 3.03. The van der Waals surface area contributed by atoms with E-state index in [0.717, 1.165) is 27.9 Å². The summed E-state index contributed by atoms with van der Waals surface area (Å²) in [6, 6.07) is 17.8. The van der Waals surface area contributed by atoms with Gasteiger partial charge in [0, 0.05) is 17.3 Å². The van der Waals surface area contributed by atoms with Gasteiger partial charge in [-0.05, 0) is 24.1 Å². The van der Waals surface area contributed by atoms with Gasteiger partial charge < -0.3 is 5.11 Å². The lowest BCUT2D eigenvalue weighted by Gasteiger charge is -2.26. The van der Waals surface area contributed by atoms with Crippen LogP contribution in [0.4, 0.5) is 0 Å². The molecule has 2 aromatic carbocycles. The van der Waals surface area contributed by atoms with Crippen LogP contribution in [0.25, 0.3) is 11.1 Å². The maximum Gasteiger partial charge on any atom is 0.211 e. The van der Waals surface area contributed by atoms with Crippen LogP contribution >= 0.6 is 0 Å². The Balaban J connectivity index is 2.09. The zero-order chi connectivity index (χ0) is 13.7. The van der Waals surface area contributed by atoms with E-state index in [1.54, 1.807) is 4.68 Å². The van der Waals surface area contributed by atoms with Crippen molar-refractivity contribution in [2.24, 2.45) is 0 Å². The lowest BCUT2D eigenvalue weighted by molar-refractivity contribution is 0.0401. The van der Waals surface area contributed by atoms with Gasteiger partial charge in [0.25, 0.3) is 0 Å². The first kappa shape index (κ1) is 11.4. The molecule has 0 bridgehead atoms. The van der Waals surface area contributed by atoms with Crippen LogP contribution in [0, 0.1) is 6.92 Å². The first-order valence-electron chi connectivity index (χ1n) is 6.66. The van der Waals surface area contributed by atoms with Gasteiger partial charge in [-0.1, -0.05) is 48.5 Å². The monoisotopic (exact) mass is 262 g/mol. The molecule has 0 aliphatic heterocycles. The average Bonchev–Trinajstić information content (AvgIpc) is 3.03. The summed E-state index contributed by atoms with van der Waals surface area (Å²) < 4.78 is 1.65. The summed E-state index contributed by atoms with van der Waals surface area (Å²) in [6.07, 6.45) is 1.83. The maximum atomic E-state index is 11.4. The van der Waals surface area contributed by atoms with Gasteiger partial charge in [0.2, 0.25) is 5.72 Å². The topological polar surface area (TPSA) is 38.0 Å². The number of rotatable bonds is 1. The van der Waals surface area contributed by atoms with Crippen LogP contribution in [0.15, 0.2) is 60.8 Å². The van der Waals surface area contributed by atoms with Gasteiger partial charge in [-0.25, -0.2) is 4.68 Å². The molecule has 1 heterocycles. The van der Waals surface area contributed by atoms with Crippen molar-refractivity contribution in [2.45, 2.75) is 12.6 Å². The van der Waals surface area contributed by atoms with Crippen LogP contribution in [0.1, 0.15) is 16.8 Å². The van der Waals surface area contributed by atoms with Crippen molar-refractivity contribution in [3.63, 3.8) is 0 Å². The van der Waals surface area contributed by atoms with Crippen LogP contribution in [-0.4, -0.2) is 14.9 Å². The van der Waals surface area contributed by atoms with Gasteiger partial charge >= 0.3 is 0 Å². The first-order chi connectivity index (χ1) is 9.71. The minimum atomic E-state index is -1.22. The van der Waals surface area contributed by atoms with Crippen molar-refractivity contribution in [2.75, 3.05) is 0 Å². The number of hydrogen-bond acceptors (Lipinski definition) is 2. The Morgan fingerprint density at radius 2 is 1.45 bits per heavy atom. The second-order valence-corrected chi connectivity index (χ2v) is 5.17. The van der Waals surface area contributed by atoms with Crippen LogP contribution in [0.2, 0.25) is 0 Å². The highest BCUT2D eigenvalue weighted by Crippen LogP contribution is 2.47. The third-order valence-electron chi connectivity index (χ3n) is 3.95. The summed E-state index contributed by atoms with van der Waals surface area (Å²) in [4.78, 5) is 0. The predicted molar refractivity (Wildman–Crippen MR) is 77.2 cm³/mol. The lowest BCUT2D eigenvalue weighted by Crippen LogP contribution is -2.34. The highest BCUT2D eigenvalue weighted by Gasteiger charge is 2.43. The molecule has 0 amide bonds. The highest BCUT2D eigenvalue weighted by molar-refractivity contribution is 5.79. The summed E-state index contributed by atoms with van der Waals surface area (Å²) in [7, 11) is 0. The van der Waals surface area contributed by atoms with E-state index in [4.69, 9.17) is 0 Å². The molecule has 0 fully saturated rings. The molecule has 0 saturated carbocycles. The summed E-state index contributed by atoms with van der Waals surface area (Å²) >= 11 is 0. The van der Waals surface area contributed by atoms with Crippen LogP contribution < -0.4 is 0 Å². The molecular weight excluding hydrogens is 248 g/mol. The second kappa shape index (κ2) is 3.81. The highest BCUT2D eigenvalue weighted by atomic mass is 16.3. The van der Waals surface area contributed by atoms with Crippen molar-refractivity contribution in [3.8, 4) is 11.1 Å². The molecule has 0 saturated heterocycles. The number of nitrogens with zero attached hydrogens (tertiary/aromatic N) is 2. The van der Waals surface area contributed by atoms with Crippen LogP contribution in [0.3, 0.4) is 0 Å². The largest absolute Gasteiger partial charge is 0.362 e. The number of fused-ring (bicyclic) bond motifs is 3. The molecule has 4 rings (SSSR count). The molecule has 3 nitrogen and oxygen atoms in total. The number of hydrogen-bond donors (Lipinski definition) is 1. The number of aliphatic hydroxyl groups is 1. The Labute approximate surface area is 117 Å². The Hall–Kier alpha value is -2.39. The summed E-state index contributed by atoms with van der Waals surface area (Å²) in [6.45, 7) is 1.92. The number of aryl methyl sites for hydroxylation is 1. The minimum Gasteiger partial charge on any atom is -0.362 e. The Morgan fingerprint density at radius 3 is 1.95 bits per heavy atom. The predicted octanol–water partition coefficient (Wildman–Crippen LogP) is 2.91. The van der Waals surface area contributed by atoms with Gasteiger partial charge in [0.15, 0.2) is 0 Å². The molecule has 1 aliphatic carbocycles. The first-order valence-corrected chi connectivity index (χ1v) is 6.66. The fraction of sp³-hybridized carbons (Fsp3) is 0.118. The molecule has 20 heavy (non-hydrogen) atoms. The van der Waals surface area contributed by atoms with E-state index in [-0.39, 0.29) is 0 Å². The van der Waals surface area contributed by atoms with Crippen LogP contribution in [-0.2, 0) is 5.72 Å². The second-order valence-electron chi connectivity index (χ2n) is 5.17. The fourth-order valence-electron chi connectivity index (χ4n) is 3.03. The summed E-state index contributed by atoms with van der Waals surface area (Å²) in [5, 5.41) is 15.8. The van der Waals surface area contributed by atoms with Gasteiger partial charge in [-0.2, -0.15) is 5.10 Å². The van der Waals surface area contributed by atoms with Crippen LogP contribution in [0.5, 0.6) is 0 Å². The van der Waals surface area contributed by atoms with Crippen molar-refractivity contribution >= 4 is 0 Å². The Bertz CT molecular complexity index is 759. The van der Waals surface area contributed by atoms with Gasteiger partial charge in [-0.15, -0.1) is 0 Å². The van der Waals surface area contributed by atoms with E-state index in [1.165, 1.54) is 0 Å². The van der Waals surface area contributed by atoms with Gasteiger partial charge in [0.1, 0.15) is 0 Å². The van der Waals surface area contributed by atoms with E-state index in [0.29, 0.717) is 0 Å². The third-order valence-corrected chi connectivity index (χ3v) is 3.95. The van der Waals surface area contributed by atoms with E-state index in [1.807, 2.05) is 67.7 Å². The van der Waals surface area contributed by atoms with Crippen molar-refractivity contribution in [1.29, 1.82) is 0 Å². The molecule has 1 aromatic heterocycles. The molecule has 3 heteroatoms. The molecule has 0 atom stereocenters. The molecule has 0 spiro atoms. The molecule has 0 unspecified atom stereocenters. The molecule has 3 aromatic rings. The molecule has 1 aliphatic rings. The van der Waals surface area contributed by atoms with Crippen molar-refractivity contribution < 1.29 is 5.11 Å². The summed E-state index contributed by atoms with van der Waals surface area (Å²) in [5.74, 6) is 0. The van der Waals surface area contributed by atoms with E-state index >= 15 is 0 Å². The minimum absolute atomic E-state index is 0.879. The third kappa shape index (κ3) is 1.30. The Morgan fingerprint density at radius 1 is 0.900 bits per heavy atom. The average molecular weight is 262 g/mol. The van der Waals surface area contributed by atoms with Gasteiger partial charge in [0.05, 0.1) is 5.69 Å². The quantitative estimate of drug-likeness (QED) is 0.732. The standard InChI is InChI=1S/C17H14N2O/c1-12-10-11-19(18-12)17(20)15-8-4-2-6-13(15)14-7-3-5-9-16(14)17/h2-11,20H,1H3. The SMILES string of the molecule is Cc1ccn(C2(O)c3ccccc3-c3ccccc32)n1. The van der Waals surface area contributed by atoms with E-state index in [9.17, 15) is 5.11 Å². The lowest BCUT2D eigenvalue weighted by atomic mass is 10.0. The zero-order valence-electron chi connectivity index (χ0n) is 11.1.